The summed E-state index contributed by atoms with van der Waals surface area (Å²) in [5.74, 6) is -0.141. The molecule has 0 spiro atoms. The SMILES string of the molecule is CCSc1cccc(NC(=O)[C@@H](C#N)Cc2ccc(C#N)cc2)c1. The predicted octanol–water partition coefficient (Wildman–Crippen LogP) is 3.99. The number of hydrogen-bond donors (Lipinski definition) is 1. The van der Waals surface area contributed by atoms with Gasteiger partial charge in [0.1, 0.15) is 5.92 Å². The van der Waals surface area contributed by atoms with E-state index in [0.717, 1.165) is 16.2 Å². The molecule has 5 heteroatoms. The molecule has 1 N–H and O–H groups in total. The first-order valence-corrected chi connectivity index (χ1v) is 8.57. The molecule has 0 unspecified atom stereocenters. The number of nitrogens with zero attached hydrogens (tertiary/aromatic N) is 2. The number of thioether (sulfide) groups is 1. The van der Waals surface area contributed by atoms with Crippen molar-refractivity contribution in [1.29, 1.82) is 10.5 Å². The summed E-state index contributed by atoms with van der Waals surface area (Å²) in [5.41, 5.74) is 2.10. The van der Waals surface area contributed by atoms with E-state index in [1.54, 1.807) is 36.0 Å². The Morgan fingerprint density at radius 2 is 1.96 bits per heavy atom. The van der Waals surface area contributed by atoms with Gasteiger partial charge in [-0.25, -0.2) is 0 Å². The fourth-order valence-electron chi connectivity index (χ4n) is 2.21. The van der Waals surface area contributed by atoms with Gasteiger partial charge >= 0.3 is 0 Å². The molecule has 1 amide bonds. The Morgan fingerprint density at radius 1 is 1.21 bits per heavy atom. The molecule has 24 heavy (non-hydrogen) atoms. The van der Waals surface area contributed by atoms with Crippen LogP contribution in [0.1, 0.15) is 18.1 Å². The van der Waals surface area contributed by atoms with E-state index >= 15 is 0 Å². The molecule has 0 bridgehead atoms. The number of benzene rings is 2. The Kier molecular flexibility index (Phi) is 6.42. The van der Waals surface area contributed by atoms with Crippen LogP contribution in [0.2, 0.25) is 0 Å². The van der Waals surface area contributed by atoms with Crippen LogP contribution in [0.5, 0.6) is 0 Å². The van der Waals surface area contributed by atoms with Crippen LogP contribution in [-0.2, 0) is 11.2 Å². The van der Waals surface area contributed by atoms with Crippen LogP contribution < -0.4 is 5.32 Å². The number of anilines is 1. The fourth-order valence-corrected chi connectivity index (χ4v) is 2.93. The normalized spacial score (nSPS) is 11.1. The predicted molar refractivity (Wildman–Crippen MR) is 95.4 cm³/mol. The molecule has 0 radical (unpaired) electrons. The first-order chi connectivity index (χ1) is 11.7. The van der Waals surface area contributed by atoms with Gasteiger partial charge < -0.3 is 5.32 Å². The summed E-state index contributed by atoms with van der Waals surface area (Å²) in [7, 11) is 0. The molecule has 0 fully saturated rings. The van der Waals surface area contributed by atoms with Gasteiger partial charge in [-0.2, -0.15) is 10.5 Å². The number of carbonyl (C=O) groups is 1. The smallest absolute Gasteiger partial charge is 0.242 e. The van der Waals surface area contributed by atoms with Gasteiger partial charge in [-0.15, -0.1) is 11.8 Å². The molecule has 0 aromatic heterocycles. The van der Waals surface area contributed by atoms with Gasteiger partial charge in [-0.1, -0.05) is 25.1 Å². The summed E-state index contributed by atoms with van der Waals surface area (Å²) in [6, 6.07) is 18.6. The topological polar surface area (TPSA) is 76.7 Å². The average molecular weight is 335 g/mol. The summed E-state index contributed by atoms with van der Waals surface area (Å²) >= 11 is 1.69. The van der Waals surface area contributed by atoms with Crippen LogP contribution in [0.15, 0.2) is 53.4 Å². The van der Waals surface area contributed by atoms with E-state index in [4.69, 9.17) is 5.26 Å². The minimum Gasteiger partial charge on any atom is -0.325 e. The average Bonchev–Trinajstić information content (AvgIpc) is 2.60. The molecule has 120 valence electrons. The largest absolute Gasteiger partial charge is 0.325 e. The molecule has 0 saturated carbocycles. The second-order valence-corrected chi connectivity index (χ2v) is 6.48. The molecule has 1 atom stereocenters. The van der Waals surface area contributed by atoms with Crippen molar-refractivity contribution in [1.82, 2.24) is 0 Å². The summed E-state index contributed by atoms with van der Waals surface area (Å²) in [4.78, 5) is 13.4. The number of nitrogens with one attached hydrogen (secondary N) is 1. The van der Waals surface area contributed by atoms with E-state index in [2.05, 4.69) is 18.3 Å². The van der Waals surface area contributed by atoms with Gasteiger partial charge in [0.25, 0.3) is 0 Å². The summed E-state index contributed by atoms with van der Waals surface area (Å²) in [5, 5.41) is 20.9. The molecule has 0 saturated heterocycles. The van der Waals surface area contributed by atoms with Crippen molar-refractivity contribution < 1.29 is 4.79 Å². The van der Waals surface area contributed by atoms with Crippen molar-refractivity contribution in [2.24, 2.45) is 5.92 Å². The van der Waals surface area contributed by atoms with Crippen LogP contribution in [0, 0.1) is 28.6 Å². The van der Waals surface area contributed by atoms with Crippen LogP contribution >= 0.6 is 11.8 Å². The lowest BCUT2D eigenvalue weighted by Crippen LogP contribution is -2.23. The molecule has 2 rings (SSSR count). The third-order valence-corrected chi connectivity index (χ3v) is 4.28. The van der Waals surface area contributed by atoms with Crippen molar-refractivity contribution in [3.05, 3.63) is 59.7 Å². The second-order valence-electron chi connectivity index (χ2n) is 5.14. The summed E-state index contributed by atoms with van der Waals surface area (Å²) in [6.45, 7) is 2.07. The molecular weight excluding hydrogens is 318 g/mol. The van der Waals surface area contributed by atoms with Crippen LogP contribution in [0.4, 0.5) is 5.69 Å². The van der Waals surface area contributed by atoms with E-state index in [1.807, 2.05) is 30.3 Å². The molecule has 2 aromatic rings. The standard InChI is InChI=1S/C19H17N3OS/c1-2-24-18-5-3-4-17(11-18)22-19(23)16(13-21)10-14-6-8-15(12-20)9-7-14/h3-9,11,16H,2,10H2,1H3,(H,22,23)/t16-/m1/s1. The van der Waals surface area contributed by atoms with Gasteiger partial charge in [0.05, 0.1) is 17.7 Å². The van der Waals surface area contributed by atoms with E-state index in [-0.39, 0.29) is 5.91 Å². The van der Waals surface area contributed by atoms with Crippen molar-refractivity contribution in [2.75, 3.05) is 11.1 Å². The van der Waals surface area contributed by atoms with Crippen LogP contribution in [0.3, 0.4) is 0 Å². The van der Waals surface area contributed by atoms with Crippen molar-refractivity contribution in [2.45, 2.75) is 18.2 Å². The lowest BCUT2D eigenvalue weighted by molar-refractivity contribution is -0.118. The van der Waals surface area contributed by atoms with E-state index in [9.17, 15) is 10.1 Å². The third-order valence-electron chi connectivity index (χ3n) is 3.41. The van der Waals surface area contributed by atoms with Crippen molar-refractivity contribution >= 4 is 23.4 Å². The van der Waals surface area contributed by atoms with Gasteiger partial charge in [0, 0.05) is 10.6 Å². The number of rotatable bonds is 6. The van der Waals surface area contributed by atoms with E-state index in [0.29, 0.717) is 17.7 Å². The van der Waals surface area contributed by atoms with Gasteiger partial charge in [0.2, 0.25) is 5.91 Å². The Labute approximate surface area is 146 Å². The first-order valence-electron chi connectivity index (χ1n) is 7.58. The molecule has 0 aliphatic heterocycles. The first kappa shape index (κ1) is 17.6. The highest BCUT2D eigenvalue weighted by molar-refractivity contribution is 7.99. The van der Waals surface area contributed by atoms with Gasteiger partial charge in [-0.05, 0) is 48.1 Å². The number of hydrogen-bond acceptors (Lipinski definition) is 4. The van der Waals surface area contributed by atoms with E-state index < -0.39 is 5.92 Å². The zero-order valence-electron chi connectivity index (χ0n) is 13.3. The van der Waals surface area contributed by atoms with Crippen molar-refractivity contribution in [3.8, 4) is 12.1 Å². The highest BCUT2D eigenvalue weighted by Gasteiger charge is 2.18. The maximum atomic E-state index is 12.3. The molecule has 0 aliphatic rings. The maximum Gasteiger partial charge on any atom is 0.242 e. The molecule has 0 aliphatic carbocycles. The molecule has 0 heterocycles. The Balaban J connectivity index is 2.04. The number of nitriles is 2. The monoisotopic (exact) mass is 335 g/mol. The Morgan fingerprint density at radius 3 is 2.58 bits per heavy atom. The zero-order chi connectivity index (χ0) is 17.4. The quantitative estimate of drug-likeness (QED) is 0.810. The van der Waals surface area contributed by atoms with Crippen LogP contribution in [0.25, 0.3) is 0 Å². The highest BCUT2D eigenvalue weighted by Crippen LogP contribution is 2.22. The Hall–Kier alpha value is -2.76. The maximum absolute atomic E-state index is 12.3. The minimum absolute atomic E-state index is 0.317. The second kappa shape index (κ2) is 8.76. The lowest BCUT2D eigenvalue weighted by atomic mass is 9.99. The lowest BCUT2D eigenvalue weighted by Gasteiger charge is -2.11. The minimum atomic E-state index is -0.777. The fraction of sp³-hybridized carbons (Fsp3) is 0.211. The van der Waals surface area contributed by atoms with Gasteiger partial charge in [0.15, 0.2) is 0 Å². The summed E-state index contributed by atoms with van der Waals surface area (Å²) < 4.78 is 0. The van der Waals surface area contributed by atoms with E-state index in [1.165, 1.54) is 0 Å². The van der Waals surface area contributed by atoms with Crippen LogP contribution in [-0.4, -0.2) is 11.7 Å². The number of carbonyl (C=O) groups excluding carboxylic acids is 1. The molecule has 2 aromatic carbocycles. The third kappa shape index (κ3) is 4.87. The van der Waals surface area contributed by atoms with Gasteiger partial charge in [-0.3, -0.25) is 4.79 Å². The molecular formula is C19H17N3OS. The van der Waals surface area contributed by atoms with Crippen molar-refractivity contribution in [3.63, 3.8) is 0 Å². The Bertz CT molecular complexity index is 787. The summed E-state index contributed by atoms with van der Waals surface area (Å²) in [6.07, 6.45) is 0.317. The zero-order valence-corrected chi connectivity index (χ0v) is 14.1. The molecule has 4 nitrogen and oxygen atoms in total. The number of amides is 1. The highest BCUT2D eigenvalue weighted by atomic mass is 32.2.